The van der Waals surface area contributed by atoms with Gasteiger partial charge in [-0.1, -0.05) is 48.0 Å². The van der Waals surface area contributed by atoms with Crippen LogP contribution in [-0.4, -0.2) is 8.42 Å². The summed E-state index contributed by atoms with van der Waals surface area (Å²) < 4.78 is 27.8. The van der Waals surface area contributed by atoms with Gasteiger partial charge < -0.3 is 0 Å². The summed E-state index contributed by atoms with van der Waals surface area (Å²) in [5, 5.41) is 0. The molecule has 1 atom stereocenters. The van der Waals surface area contributed by atoms with Gasteiger partial charge in [0, 0.05) is 6.04 Å². The van der Waals surface area contributed by atoms with E-state index in [0.29, 0.717) is 0 Å². The number of hydrogen-bond donors (Lipinski definition) is 1. The fourth-order valence-corrected chi connectivity index (χ4v) is 4.80. The van der Waals surface area contributed by atoms with E-state index < -0.39 is 10.0 Å². The molecule has 4 heteroatoms. The van der Waals surface area contributed by atoms with E-state index in [-0.39, 0.29) is 11.8 Å². The van der Waals surface area contributed by atoms with Gasteiger partial charge in [-0.3, -0.25) is 0 Å². The molecule has 0 spiro atoms. The molecular weight excluding hydrogens is 318 g/mol. The first-order valence-corrected chi connectivity index (χ1v) is 10.3. The maximum Gasteiger partial charge on any atom is 0.216 e. The molecular formula is C20H25NO2S. The summed E-state index contributed by atoms with van der Waals surface area (Å²) in [7, 11) is -3.37. The van der Waals surface area contributed by atoms with Crippen LogP contribution in [0.5, 0.6) is 0 Å². The first-order chi connectivity index (χ1) is 11.4. The number of sulfonamides is 1. The molecule has 0 amide bonds. The fourth-order valence-electron chi connectivity index (χ4n) is 3.42. The van der Waals surface area contributed by atoms with E-state index in [9.17, 15) is 8.42 Å². The molecule has 2 aromatic carbocycles. The number of aryl methyl sites for hydroxylation is 3. The molecule has 1 aliphatic rings. The molecule has 0 radical (unpaired) electrons. The van der Waals surface area contributed by atoms with Gasteiger partial charge in [0.2, 0.25) is 10.0 Å². The highest BCUT2D eigenvalue weighted by Gasteiger charge is 2.18. The van der Waals surface area contributed by atoms with Crippen LogP contribution in [0.4, 0.5) is 0 Å². The van der Waals surface area contributed by atoms with Crippen molar-refractivity contribution < 1.29 is 8.42 Å². The first kappa shape index (κ1) is 17.2. The maximum atomic E-state index is 12.5. The lowest BCUT2D eigenvalue weighted by molar-refractivity contribution is 0.565. The Bertz CT molecular complexity index is 827. The molecule has 0 aromatic heterocycles. The Balaban J connectivity index is 1.72. The van der Waals surface area contributed by atoms with E-state index in [1.807, 2.05) is 38.1 Å². The highest BCUT2D eigenvalue weighted by molar-refractivity contribution is 7.88. The van der Waals surface area contributed by atoms with Crippen molar-refractivity contribution in [2.24, 2.45) is 0 Å². The summed E-state index contributed by atoms with van der Waals surface area (Å²) >= 11 is 0. The van der Waals surface area contributed by atoms with Crippen molar-refractivity contribution in [1.29, 1.82) is 0 Å². The van der Waals surface area contributed by atoms with Gasteiger partial charge in [0.15, 0.2) is 0 Å². The Morgan fingerprint density at radius 1 is 1.04 bits per heavy atom. The van der Waals surface area contributed by atoms with E-state index in [1.165, 1.54) is 24.0 Å². The lowest BCUT2D eigenvalue weighted by Gasteiger charge is -2.20. The van der Waals surface area contributed by atoms with Gasteiger partial charge in [-0.25, -0.2) is 13.1 Å². The molecule has 0 bridgehead atoms. The van der Waals surface area contributed by atoms with Gasteiger partial charge in [-0.15, -0.1) is 0 Å². The largest absolute Gasteiger partial charge is 0.216 e. The molecule has 3 nitrogen and oxygen atoms in total. The van der Waals surface area contributed by atoms with Crippen molar-refractivity contribution in [2.45, 2.75) is 51.3 Å². The second-order valence-electron chi connectivity index (χ2n) is 6.82. The third-order valence-electron chi connectivity index (χ3n) is 4.67. The number of nitrogens with one attached hydrogen (secondary N) is 1. The summed E-state index contributed by atoms with van der Waals surface area (Å²) in [6.07, 6.45) is 4.73. The van der Waals surface area contributed by atoms with E-state index in [1.54, 1.807) is 0 Å². The smallest absolute Gasteiger partial charge is 0.212 e. The molecule has 0 unspecified atom stereocenters. The summed E-state index contributed by atoms with van der Waals surface area (Å²) in [5.41, 5.74) is 5.73. The third-order valence-corrected chi connectivity index (χ3v) is 6.09. The van der Waals surface area contributed by atoms with Crippen LogP contribution in [-0.2, 0) is 28.6 Å². The van der Waals surface area contributed by atoms with Crippen LogP contribution in [0.3, 0.4) is 0 Å². The number of benzene rings is 2. The molecule has 128 valence electrons. The average Bonchev–Trinajstić information content (AvgIpc) is 2.53. The van der Waals surface area contributed by atoms with Crippen LogP contribution in [0, 0.1) is 6.92 Å². The van der Waals surface area contributed by atoms with Crippen molar-refractivity contribution in [1.82, 2.24) is 4.72 Å². The van der Waals surface area contributed by atoms with Gasteiger partial charge in [-0.05, 0) is 61.8 Å². The standard InChI is InChI=1S/C20H25NO2S/c1-15-6-5-7-17(12-15)14-24(22,23)21-16(2)19-11-10-18-8-3-4-9-20(18)13-19/h5-7,10-13,16,21H,3-4,8-9,14H2,1-2H3/t16-/m0/s1. The van der Waals surface area contributed by atoms with Gasteiger partial charge in [0.1, 0.15) is 0 Å². The monoisotopic (exact) mass is 343 g/mol. The molecule has 0 heterocycles. The van der Waals surface area contributed by atoms with Crippen molar-refractivity contribution in [3.63, 3.8) is 0 Å². The number of hydrogen-bond acceptors (Lipinski definition) is 2. The SMILES string of the molecule is Cc1cccc(CS(=O)(=O)N[C@@H](C)c2ccc3c(c2)CCCC3)c1. The number of rotatable bonds is 5. The molecule has 1 N–H and O–H groups in total. The fraction of sp³-hybridized carbons (Fsp3) is 0.400. The molecule has 1 aliphatic carbocycles. The first-order valence-electron chi connectivity index (χ1n) is 8.60. The molecule has 3 rings (SSSR count). The average molecular weight is 343 g/mol. The van der Waals surface area contributed by atoms with Crippen molar-refractivity contribution in [3.05, 3.63) is 70.3 Å². The van der Waals surface area contributed by atoms with Gasteiger partial charge in [0.05, 0.1) is 5.75 Å². The van der Waals surface area contributed by atoms with Crippen LogP contribution in [0.1, 0.15) is 53.6 Å². The summed E-state index contributed by atoms with van der Waals surface area (Å²) in [4.78, 5) is 0. The van der Waals surface area contributed by atoms with Crippen LogP contribution in [0.25, 0.3) is 0 Å². The Morgan fingerprint density at radius 2 is 1.79 bits per heavy atom. The zero-order chi connectivity index (χ0) is 17.2. The highest BCUT2D eigenvalue weighted by Crippen LogP contribution is 2.25. The van der Waals surface area contributed by atoms with E-state index in [0.717, 1.165) is 29.5 Å². The zero-order valence-corrected chi connectivity index (χ0v) is 15.2. The second kappa shape index (κ2) is 7.08. The van der Waals surface area contributed by atoms with E-state index in [4.69, 9.17) is 0 Å². The van der Waals surface area contributed by atoms with E-state index in [2.05, 4.69) is 22.9 Å². The minimum absolute atomic E-state index is 0.0178. The van der Waals surface area contributed by atoms with E-state index >= 15 is 0 Å². The summed E-state index contributed by atoms with van der Waals surface area (Å²) in [6.45, 7) is 3.89. The van der Waals surface area contributed by atoms with Crippen LogP contribution >= 0.6 is 0 Å². The van der Waals surface area contributed by atoms with Gasteiger partial charge in [-0.2, -0.15) is 0 Å². The Kier molecular flexibility index (Phi) is 5.07. The predicted molar refractivity (Wildman–Crippen MR) is 98.4 cm³/mol. The normalized spacial score (nSPS) is 15.8. The minimum atomic E-state index is -3.37. The second-order valence-corrected chi connectivity index (χ2v) is 8.58. The molecule has 0 fully saturated rings. The molecule has 0 saturated heterocycles. The topological polar surface area (TPSA) is 46.2 Å². The lowest BCUT2D eigenvalue weighted by atomic mass is 9.89. The minimum Gasteiger partial charge on any atom is -0.212 e. The van der Waals surface area contributed by atoms with Crippen LogP contribution in [0.15, 0.2) is 42.5 Å². The Morgan fingerprint density at radius 3 is 2.54 bits per heavy atom. The quantitative estimate of drug-likeness (QED) is 0.890. The van der Waals surface area contributed by atoms with Crippen LogP contribution < -0.4 is 4.72 Å². The van der Waals surface area contributed by atoms with Crippen LogP contribution in [0.2, 0.25) is 0 Å². The summed E-state index contributed by atoms with van der Waals surface area (Å²) in [5.74, 6) is 0.0178. The zero-order valence-electron chi connectivity index (χ0n) is 14.4. The summed E-state index contributed by atoms with van der Waals surface area (Å²) in [6, 6.07) is 13.8. The predicted octanol–water partition coefficient (Wildman–Crippen LogP) is 4.05. The van der Waals surface area contributed by atoms with Crippen molar-refractivity contribution >= 4 is 10.0 Å². The molecule has 24 heavy (non-hydrogen) atoms. The third kappa shape index (κ3) is 4.25. The van der Waals surface area contributed by atoms with Gasteiger partial charge >= 0.3 is 0 Å². The maximum absolute atomic E-state index is 12.5. The lowest BCUT2D eigenvalue weighted by Crippen LogP contribution is -2.28. The molecule has 0 saturated carbocycles. The Labute approximate surface area is 145 Å². The number of fused-ring (bicyclic) bond motifs is 1. The van der Waals surface area contributed by atoms with Crippen molar-refractivity contribution in [3.8, 4) is 0 Å². The molecule has 0 aliphatic heterocycles. The van der Waals surface area contributed by atoms with Crippen molar-refractivity contribution in [2.75, 3.05) is 0 Å². The Hall–Kier alpha value is -1.65. The molecule has 2 aromatic rings. The highest BCUT2D eigenvalue weighted by atomic mass is 32.2. The van der Waals surface area contributed by atoms with Gasteiger partial charge in [0.25, 0.3) is 0 Å².